The van der Waals surface area contributed by atoms with E-state index in [4.69, 9.17) is 34.2 Å². The Morgan fingerprint density at radius 3 is 2.11 bits per heavy atom. The first kappa shape index (κ1) is 26.8. The molecular formula is C26H35NO9. The zero-order valence-electron chi connectivity index (χ0n) is 21.1. The average molecular weight is 506 g/mol. The minimum atomic E-state index is -1.91. The Kier molecular flexibility index (Phi) is 7.61. The molecule has 0 aromatic heterocycles. The molecule has 10 heteroatoms. The highest BCUT2D eigenvalue weighted by atomic mass is 16.8. The number of methoxy groups -OCH3 is 3. The lowest BCUT2D eigenvalue weighted by molar-refractivity contribution is -0.477. The number of hydrogen-bond acceptors (Lipinski definition) is 10. The molecule has 4 rings (SSSR count). The van der Waals surface area contributed by atoms with Gasteiger partial charge in [-0.15, -0.1) is 0 Å². The van der Waals surface area contributed by atoms with Crippen molar-refractivity contribution in [2.24, 2.45) is 0 Å². The van der Waals surface area contributed by atoms with Crippen molar-refractivity contribution >= 4 is 5.69 Å². The third-order valence-corrected chi connectivity index (χ3v) is 7.27. The molecule has 0 bridgehead atoms. The Balaban J connectivity index is 1.65. The number of rotatable bonds is 7. The highest BCUT2D eigenvalue weighted by molar-refractivity contribution is 5.51. The average Bonchev–Trinajstić information content (AvgIpc) is 2.87. The Hall–Kier alpha value is -2.28. The molecule has 5 N–H and O–H groups in total. The van der Waals surface area contributed by atoms with Crippen molar-refractivity contribution in [3.63, 3.8) is 0 Å². The molecule has 0 amide bonds. The minimum absolute atomic E-state index is 0.540. The number of fused-ring (bicyclic) bond motifs is 1. The number of anilines is 1. The second kappa shape index (κ2) is 10.2. The molecule has 2 fully saturated rings. The van der Waals surface area contributed by atoms with Gasteiger partial charge in [-0.25, -0.2) is 0 Å². The molecule has 2 saturated heterocycles. The summed E-state index contributed by atoms with van der Waals surface area (Å²) in [4.78, 5) is 0. The van der Waals surface area contributed by atoms with E-state index in [1.165, 1.54) is 14.2 Å². The third kappa shape index (κ3) is 4.71. The topological polar surface area (TPSA) is 142 Å². The van der Waals surface area contributed by atoms with E-state index in [2.05, 4.69) is 0 Å². The first-order chi connectivity index (χ1) is 17.1. The molecule has 36 heavy (non-hydrogen) atoms. The van der Waals surface area contributed by atoms with E-state index in [9.17, 15) is 15.3 Å². The summed E-state index contributed by atoms with van der Waals surface area (Å²) in [6.45, 7) is 3.24. The summed E-state index contributed by atoms with van der Waals surface area (Å²) in [5.41, 5.74) is 9.28. The first-order valence-corrected chi connectivity index (χ1v) is 11.7. The van der Waals surface area contributed by atoms with Crippen molar-refractivity contribution < 1.29 is 43.7 Å². The lowest BCUT2D eigenvalue weighted by atomic mass is 9.87. The number of aliphatic hydroxyl groups is 3. The van der Waals surface area contributed by atoms with E-state index < -0.39 is 48.4 Å². The highest BCUT2D eigenvalue weighted by Crippen LogP contribution is 2.46. The van der Waals surface area contributed by atoms with Crippen LogP contribution in [0, 0.1) is 0 Å². The molecule has 0 unspecified atom stereocenters. The van der Waals surface area contributed by atoms with Gasteiger partial charge in [0.1, 0.15) is 36.3 Å². The third-order valence-electron chi connectivity index (χ3n) is 7.27. The van der Waals surface area contributed by atoms with Gasteiger partial charge in [-0.2, -0.15) is 0 Å². The fourth-order valence-corrected chi connectivity index (χ4v) is 4.79. The van der Waals surface area contributed by atoms with Crippen molar-refractivity contribution in [3.8, 4) is 5.75 Å². The van der Waals surface area contributed by atoms with Gasteiger partial charge in [-0.05, 0) is 55.2 Å². The van der Waals surface area contributed by atoms with E-state index in [1.54, 1.807) is 33.1 Å². The van der Waals surface area contributed by atoms with Crippen LogP contribution in [0.5, 0.6) is 5.75 Å². The molecule has 7 atom stereocenters. The van der Waals surface area contributed by atoms with Crippen LogP contribution in [0.25, 0.3) is 0 Å². The SMILES string of the molecule is COc1ccc(Cc2cc([C@@H]3O[C@H](C(O)O)[C@H]4O[C@](C)(OC)[C@@](C)(OC)O[C@@H]4[C@H]3O)ccc2N)cc1. The summed E-state index contributed by atoms with van der Waals surface area (Å²) < 4.78 is 34.6. The smallest absolute Gasteiger partial charge is 0.220 e. The summed E-state index contributed by atoms with van der Waals surface area (Å²) >= 11 is 0. The van der Waals surface area contributed by atoms with Crippen molar-refractivity contribution in [1.82, 2.24) is 0 Å². The van der Waals surface area contributed by atoms with Gasteiger partial charge >= 0.3 is 0 Å². The van der Waals surface area contributed by atoms with E-state index in [0.29, 0.717) is 17.7 Å². The van der Waals surface area contributed by atoms with E-state index in [-0.39, 0.29) is 0 Å². The second-order valence-electron chi connectivity index (χ2n) is 9.37. The van der Waals surface area contributed by atoms with Crippen molar-refractivity contribution in [2.45, 2.75) is 68.7 Å². The van der Waals surface area contributed by atoms with Crippen LogP contribution < -0.4 is 10.5 Å². The van der Waals surface area contributed by atoms with E-state index >= 15 is 0 Å². The van der Waals surface area contributed by atoms with Crippen LogP contribution >= 0.6 is 0 Å². The fourth-order valence-electron chi connectivity index (χ4n) is 4.79. The van der Waals surface area contributed by atoms with Gasteiger partial charge in [0.05, 0.1) is 7.11 Å². The molecule has 2 aromatic carbocycles. The van der Waals surface area contributed by atoms with Crippen molar-refractivity contribution in [2.75, 3.05) is 27.1 Å². The molecule has 0 spiro atoms. The van der Waals surface area contributed by atoms with E-state index in [0.717, 1.165) is 16.9 Å². The quantitative estimate of drug-likeness (QED) is 0.323. The normalized spacial score (nSPS) is 34.4. The largest absolute Gasteiger partial charge is 0.497 e. The van der Waals surface area contributed by atoms with Crippen LogP contribution in [0.4, 0.5) is 5.69 Å². The monoisotopic (exact) mass is 505 g/mol. The maximum Gasteiger partial charge on any atom is 0.220 e. The number of nitrogens with two attached hydrogens (primary N) is 1. The predicted octanol–water partition coefficient (Wildman–Crippen LogP) is 1.49. The minimum Gasteiger partial charge on any atom is -0.497 e. The van der Waals surface area contributed by atoms with Gasteiger partial charge in [-0.3, -0.25) is 0 Å². The molecule has 0 radical (unpaired) electrons. The van der Waals surface area contributed by atoms with Gasteiger partial charge in [0.15, 0.2) is 6.29 Å². The zero-order valence-corrected chi connectivity index (χ0v) is 21.1. The van der Waals surface area contributed by atoms with Gasteiger partial charge in [0, 0.05) is 19.9 Å². The van der Waals surface area contributed by atoms with Crippen LogP contribution in [-0.2, 0) is 30.1 Å². The van der Waals surface area contributed by atoms with E-state index in [1.807, 2.05) is 30.3 Å². The van der Waals surface area contributed by atoms with Gasteiger partial charge in [-0.1, -0.05) is 24.3 Å². The summed E-state index contributed by atoms with van der Waals surface area (Å²) in [7, 11) is 4.47. The maximum absolute atomic E-state index is 11.4. The van der Waals surface area contributed by atoms with Crippen molar-refractivity contribution in [1.29, 1.82) is 0 Å². The molecule has 0 saturated carbocycles. The highest BCUT2D eigenvalue weighted by Gasteiger charge is 2.63. The molecule has 2 heterocycles. The van der Waals surface area contributed by atoms with Crippen LogP contribution in [0.15, 0.2) is 42.5 Å². The summed E-state index contributed by atoms with van der Waals surface area (Å²) in [5.74, 6) is -2.04. The number of nitrogen functional groups attached to an aromatic ring is 1. The standard InChI is InChI=1S/C26H35NO9/c1-25(32-4)26(2,33-5)36-22-21(35-25)19(28)20(34-23(22)24(29)30)15-8-11-18(27)16(13-15)12-14-6-9-17(31-3)10-7-14/h6-11,13,19-24,28-30H,12,27H2,1-5H3/t19-,20-,21+,22-,23-,25-,26-/m0/s1. The molecule has 198 valence electrons. The second-order valence-corrected chi connectivity index (χ2v) is 9.37. The Labute approximate surface area is 210 Å². The van der Waals surface area contributed by atoms with Crippen molar-refractivity contribution in [3.05, 3.63) is 59.2 Å². The van der Waals surface area contributed by atoms with Gasteiger partial charge < -0.3 is 49.5 Å². The number of aliphatic hydroxyl groups excluding tert-OH is 2. The zero-order chi connectivity index (χ0) is 26.3. The molecule has 2 aliphatic rings. The fraction of sp³-hybridized carbons (Fsp3) is 0.538. The molecule has 2 aromatic rings. The first-order valence-electron chi connectivity index (χ1n) is 11.7. The molecule has 0 aliphatic carbocycles. The summed E-state index contributed by atoms with van der Waals surface area (Å²) in [6, 6.07) is 13.0. The number of hydrogen-bond donors (Lipinski definition) is 4. The van der Waals surface area contributed by atoms with Crippen LogP contribution in [0.1, 0.15) is 36.6 Å². The Bertz CT molecular complexity index is 1050. The van der Waals surface area contributed by atoms with Gasteiger partial charge in [0.25, 0.3) is 0 Å². The lowest BCUT2D eigenvalue weighted by Gasteiger charge is -2.57. The Morgan fingerprint density at radius 2 is 1.56 bits per heavy atom. The number of benzene rings is 2. The van der Waals surface area contributed by atoms with Crippen LogP contribution in [0.2, 0.25) is 0 Å². The van der Waals surface area contributed by atoms with Gasteiger partial charge in [0.2, 0.25) is 11.6 Å². The molecular weight excluding hydrogens is 470 g/mol. The Morgan fingerprint density at radius 1 is 0.944 bits per heavy atom. The summed E-state index contributed by atoms with van der Waals surface area (Å²) in [5, 5.41) is 31.6. The molecule has 2 aliphatic heterocycles. The van der Waals surface area contributed by atoms with Crippen LogP contribution in [0.3, 0.4) is 0 Å². The predicted molar refractivity (Wildman–Crippen MR) is 129 cm³/mol. The molecule has 10 nitrogen and oxygen atoms in total. The van der Waals surface area contributed by atoms with Crippen LogP contribution in [-0.4, -0.2) is 78.9 Å². The lowest BCUT2D eigenvalue weighted by Crippen LogP contribution is -2.72. The summed E-state index contributed by atoms with van der Waals surface area (Å²) in [6.07, 6.45) is -6.83. The maximum atomic E-state index is 11.4. The number of ether oxygens (including phenoxy) is 6.